The fourth-order valence-electron chi connectivity index (χ4n) is 5.36. The first-order chi connectivity index (χ1) is 20.1. The minimum Gasteiger partial charge on any atom is -0.489 e. The molecular formula is C33H41N3O5S. The molecule has 2 amide bonds. The molecule has 0 aliphatic heterocycles. The molecule has 0 radical (unpaired) electrons. The van der Waals surface area contributed by atoms with Crippen LogP contribution >= 0.6 is 0 Å². The molecule has 42 heavy (non-hydrogen) atoms. The molecule has 8 nitrogen and oxygen atoms in total. The molecule has 0 unspecified atom stereocenters. The molecule has 3 aromatic carbocycles. The van der Waals surface area contributed by atoms with Crippen LogP contribution in [-0.2, 0) is 32.8 Å². The highest BCUT2D eigenvalue weighted by atomic mass is 32.2. The Morgan fingerprint density at radius 2 is 1.62 bits per heavy atom. The molecule has 1 atom stereocenters. The number of ether oxygens (including phenoxy) is 1. The van der Waals surface area contributed by atoms with Gasteiger partial charge >= 0.3 is 0 Å². The minimum atomic E-state index is -3.82. The summed E-state index contributed by atoms with van der Waals surface area (Å²) in [4.78, 5) is 28.9. The number of amides is 2. The molecule has 0 spiro atoms. The van der Waals surface area contributed by atoms with Gasteiger partial charge < -0.3 is 15.0 Å². The highest BCUT2D eigenvalue weighted by Gasteiger charge is 2.33. The van der Waals surface area contributed by atoms with Crippen LogP contribution in [0.3, 0.4) is 0 Å². The molecule has 4 rings (SSSR count). The number of nitrogens with zero attached hydrogens (tertiary/aromatic N) is 2. The van der Waals surface area contributed by atoms with Crippen molar-refractivity contribution in [3.05, 3.63) is 95.6 Å². The van der Waals surface area contributed by atoms with Crippen molar-refractivity contribution in [3.8, 4) is 5.75 Å². The lowest BCUT2D eigenvalue weighted by Crippen LogP contribution is -2.53. The Labute approximate surface area is 249 Å². The van der Waals surface area contributed by atoms with Crippen LogP contribution < -0.4 is 14.4 Å². The predicted octanol–water partition coefficient (Wildman–Crippen LogP) is 5.21. The number of benzene rings is 3. The van der Waals surface area contributed by atoms with E-state index in [1.807, 2.05) is 68.4 Å². The fraction of sp³-hybridized carbons (Fsp3) is 0.394. The van der Waals surface area contributed by atoms with E-state index in [4.69, 9.17) is 4.74 Å². The first kappa shape index (κ1) is 31.1. The summed E-state index contributed by atoms with van der Waals surface area (Å²) in [5, 5.41) is 3.13. The summed E-state index contributed by atoms with van der Waals surface area (Å²) in [6.45, 7) is 3.99. The van der Waals surface area contributed by atoms with Crippen molar-refractivity contribution in [2.24, 2.45) is 0 Å². The van der Waals surface area contributed by atoms with Gasteiger partial charge in [-0.1, -0.05) is 79.9 Å². The number of anilines is 1. The van der Waals surface area contributed by atoms with E-state index < -0.39 is 28.5 Å². The second-order valence-electron chi connectivity index (χ2n) is 11.0. The molecule has 1 N–H and O–H groups in total. The van der Waals surface area contributed by atoms with Gasteiger partial charge in [-0.2, -0.15) is 0 Å². The molecule has 1 aliphatic carbocycles. The topological polar surface area (TPSA) is 96.0 Å². The Morgan fingerprint density at radius 3 is 2.24 bits per heavy atom. The molecule has 3 aromatic rings. The van der Waals surface area contributed by atoms with Crippen LogP contribution in [0.2, 0.25) is 0 Å². The monoisotopic (exact) mass is 591 g/mol. The lowest BCUT2D eigenvalue weighted by molar-refractivity contribution is -0.140. The van der Waals surface area contributed by atoms with E-state index >= 15 is 0 Å². The van der Waals surface area contributed by atoms with Gasteiger partial charge in [0.05, 0.1) is 11.9 Å². The van der Waals surface area contributed by atoms with Crippen LogP contribution in [-0.4, -0.2) is 50.0 Å². The van der Waals surface area contributed by atoms with Crippen molar-refractivity contribution < 1.29 is 22.7 Å². The molecular weight excluding hydrogens is 550 g/mol. The summed E-state index contributed by atoms with van der Waals surface area (Å²) in [5.41, 5.74) is 3.27. The van der Waals surface area contributed by atoms with E-state index in [-0.39, 0.29) is 18.5 Å². The van der Waals surface area contributed by atoms with Gasteiger partial charge in [-0.25, -0.2) is 8.42 Å². The number of carbonyl (C=O) groups excluding carboxylic acids is 2. The van der Waals surface area contributed by atoms with Crippen LogP contribution in [0.1, 0.15) is 55.7 Å². The zero-order chi connectivity index (χ0) is 30.1. The maximum Gasteiger partial charge on any atom is 0.244 e. The van der Waals surface area contributed by atoms with Crippen LogP contribution in [0.15, 0.2) is 78.9 Å². The SMILES string of the molecule is CC[C@H](C(=O)NC1CCCC1)N(Cc1cccc(C)c1)C(=O)CN(c1ccc(OCc2ccccc2)cc1)S(C)(=O)=O. The Balaban J connectivity index is 1.55. The standard InChI is InChI=1S/C33H41N3O5S/c1-4-31(33(38)34-28-15-8-9-16-28)35(22-27-14-10-11-25(2)21-27)32(37)23-36(42(3,39)40)29-17-19-30(20-18-29)41-24-26-12-6-5-7-13-26/h5-7,10-14,17-21,28,31H,4,8-9,15-16,22-24H2,1-3H3,(H,34,38)/t31-/m1/s1. The lowest BCUT2D eigenvalue weighted by Gasteiger charge is -2.33. The van der Waals surface area contributed by atoms with Gasteiger partial charge in [-0.05, 0) is 61.6 Å². The Hall–Kier alpha value is -3.85. The van der Waals surface area contributed by atoms with E-state index in [0.717, 1.165) is 52.9 Å². The lowest BCUT2D eigenvalue weighted by atomic mass is 10.1. The molecule has 9 heteroatoms. The number of carbonyl (C=O) groups is 2. The maximum absolute atomic E-state index is 13.9. The number of aryl methyl sites for hydroxylation is 1. The van der Waals surface area contributed by atoms with Gasteiger partial charge in [-0.15, -0.1) is 0 Å². The van der Waals surface area contributed by atoms with Crippen LogP contribution in [0.4, 0.5) is 5.69 Å². The normalized spacial score (nSPS) is 14.3. The van der Waals surface area contributed by atoms with Crippen molar-refractivity contribution in [1.82, 2.24) is 10.2 Å². The van der Waals surface area contributed by atoms with Gasteiger partial charge in [0.2, 0.25) is 21.8 Å². The quantitative estimate of drug-likeness (QED) is 0.295. The third-order valence-electron chi connectivity index (χ3n) is 7.58. The first-order valence-electron chi connectivity index (χ1n) is 14.5. The van der Waals surface area contributed by atoms with Crippen LogP contribution in [0.25, 0.3) is 0 Å². The van der Waals surface area contributed by atoms with Gasteiger partial charge in [0.15, 0.2) is 0 Å². The van der Waals surface area contributed by atoms with Gasteiger partial charge in [0.1, 0.15) is 24.9 Å². The third-order valence-corrected chi connectivity index (χ3v) is 8.72. The zero-order valence-corrected chi connectivity index (χ0v) is 25.5. The average molecular weight is 592 g/mol. The second kappa shape index (κ2) is 14.4. The Kier molecular flexibility index (Phi) is 10.6. The Bertz CT molecular complexity index is 1440. The first-order valence-corrected chi connectivity index (χ1v) is 16.4. The number of rotatable bonds is 13. The predicted molar refractivity (Wildman–Crippen MR) is 166 cm³/mol. The molecule has 0 aromatic heterocycles. The molecule has 224 valence electrons. The smallest absolute Gasteiger partial charge is 0.244 e. The third kappa shape index (κ3) is 8.58. The number of sulfonamides is 1. The summed E-state index contributed by atoms with van der Waals surface area (Å²) in [6.07, 6.45) is 5.50. The van der Waals surface area contributed by atoms with Crippen molar-refractivity contribution in [2.45, 2.75) is 71.2 Å². The highest BCUT2D eigenvalue weighted by molar-refractivity contribution is 7.92. The number of hydrogen-bond acceptors (Lipinski definition) is 5. The van der Waals surface area contributed by atoms with Crippen molar-refractivity contribution in [1.29, 1.82) is 0 Å². The number of hydrogen-bond donors (Lipinski definition) is 1. The van der Waals surface area contributed by atoms with Crippen LogP contribution in [0, 0.1) is 6.92 Å². The molecule has 1 fully saturated rings. The summed E-state index contributed by atoms with van der Waals surface area (Å²) < 4.78 is 32.8. The summed E-state index contributed by atoms with van der Waals surface area (Å²) in [7, 11) is -3.82. The second-order valence-corrected chi connectivity index (χ2v) is 12.9. The number of nitrogens with one attached hydrogen (secondary N) is 1. The van der Waals surface area contributed by atoms with E-state index in [1.165, 1.54) is 4.90 Å². The van der Waals surface area contributed by atoms with E-state index in [1.54, 1.807) is 24.3 Å². The van der Waals surface area contributed by atoms with Gasteiger partial charge in [0.25, 0.3) is 0 Å². The largest absolute Gasteiger partial charge is 0.489 e. The van der Waals surface area contributed by atoms with Gasteiger partial charge in [0, 0.05) is 12.6 Å². The van der Waals surface area contributed by atoms with E-state index in [9.17, 15) is 18.0 Å². The van der Waals surface area contributed by atoms with Crippen LogP contribution in [0.5, 0.6) is 5.75 Å². The molecule has 0 bridgehead atoms. The van der Waals surface area contributed by atoms with E-state index in [0.29, 0.717) is 24.5 Å². The zero-order valence-electron chi connectivity index (χ0n) is 24.7. The molecule has 1 saturated carbocycles. The summed E-state index contributed by atoms with van der Waals surface area (Å²) in [6, 6.07) is 23.5. The van der Waals surface area contributed by atoms with Gasteiger partial charge in [-0.3, -0.25) is 13.9 Å². The van der Waals surface area contributed by atoms with E-state index in [2.05, 4.69) is 5.32 Å². The molecule has 0 heterocycles. The maximum atomic E-state index is 13.9. The fourth-order valence-corrected chi connectivity index (χ4v) is 6.21. The molecule has 1 aliphatic rings. The summed E-state index contributed by atoms with van der Waals surface area (Å²) >= 11 is 0. The minimum absolute atomic E-state index is 0.109. The van der Waals surface area contributed by atoms with Crippen molar-refractivity contribution in [3.63, 3.8) is 0 Å². The molecule has 0 saturated heterocycles. The highest BCUT2D eigenvalue weighted by Crippen LogP contribution is 2.24. The van der Waals surface area contributed by atoms with Crippen molar-refractivity contribution >= 4 is 27.5 Å². The Morgan fingerprint density at radius 1 is 0.952 bits per heavy atom. The average Bonchev–Trinajstić information content (AvgIpc) is 3.48. The van der Waals surface area contributed by atoms with Crippen molar-refractivity contribution in [2.75, 3.05) is 17.1 Å². The summed E-state index contributed by atoms with van der Waals surface area (Å²) in [5.74, 6) is -0.0610.